The van der Waals surface area contributed by atoms with Crippen LogP contribution in [-0.2, 0) is 14.4 Å². The molecule has 0 heterocycles. The molecule has 0 amide bonds. The second-order valence-electron chi connectivity index (χ2n) is 3.61. The summed E-state index contributed by atoms with van der Waals surface area (Å²) in [5, 5.41) is 40.8. The van der Waals surface area contributed by atoms with Gasteiger partial charge in [0.15, 0.2) is 0 Å². The highest BCUT2D eigenvalue weighted by Gasteiger charge is 2.46. The fourth-order valence-corrected chi connectivity index (χ4v) is 0.926. The summed E-state index contributed by atoms with van der Waals surface area (Å²) in [6, 6.07) is 0. The van der Waals surface area contributed by atoms with Crippen molar-refractivity contribution in [3.63, 3.8) is 0 Å². The van der Waals surface area contributed by atoms with E-state index in [9.17, 15) is 34.8 Å². The lowest BCUT2D eigenvalue weighted by atomic mass is 9.73. The molecule has 0 saturated carbocycles. The van der Waals surface area contributed by atoms with Crippen LogP contribution in [0.3, 0.4) is 0 Å². The SMILES string of the molecule is CC(C)(C(=O)[O-])C(O)(CC(=O)[O-])C(=O)[O-]. The average molecular weight is 217 g/mol. The summed E-state index contributed by atoms with van der Waals surface area (Å²) in [4.78, 5) is 31.4. The Morgan fingerprint density at radius 2 is 1.47 bits per heavy atom. The molecule has 1 atom stereocenters. The highest BCUT2D eigenvalue weighted by atomic mass is 16.4. The van der Waals surface area contributed by atoms with Gasteiger partial charge in [-0.15, -0.1) is 0 Å². The van der Waals surface area contributed by atoms with Crippen molar-refractivity contribution in [2.75, 3.05) is 0 Å². The summed E-state index contributed by atoms with van der Waals surface area (Å²) < 4.78 is 0. The van der Waals surface area contributed by atoms with Gasteiger partial charge >= 0.3 is 0 Å². The molecule has 0 aromatic heterocycles. The van der Waals surface area contributed by atoms with Gasteiger partial charge < -0.3 is 34.8 Å². The largest absolute Gasteiger partial charge is 0.550 e. The quantitative estimate of drug-likeness (QED) is 0.488. The van der Waals surface area contributed by atoms with E-state index >= 15 is 0 Å². The van der Waals surface area contributed by atoms with Gasteiger partial charge in [0.25, 0.3) is 0 Å². The fraction of sp³-hybridized carbons (Fsp3) is 0.625. The first-order chi connectivity index (χ1) is 6.55. The fourth-order valence-electron chi connectivity index (χ4n) is 0.926. The second kappa shape index (κ2) is 3.85. The molecular formula is C8H9O7-3. The van der Waals surface area contributed by atoms with Gasteiger partial charge in [0, 0.05) is 17.8 Å². The monoisotopic (exact) mass is 217 g/mol. The number of carboxylic acid groups (broad SMARTS) is 3. The van der Waals surface area contributed by atoms with E-state index in [1.165, 1.54) is 0 Å². The van der Waals surface area contributed by atoms with E-state index < -0.39 is 35.3 Å². The molecule has 0 bridgehead atoms. The van der Waals surface area contributed by atoms with Crippen molar-refractivity contribution >= 4 is 17.9 Å². The lowest BCUT2D eigenvalue weighted by Gasteiger charge is -2.44. The minimum Gasteiger partial charge on any atom is -0.550 e. The first-order valence-electron chi connectivity index (χ1n) is 3.91. The van der Waals surface area contributed by atoms with Crippen molar-refractivity contribution in [2.24, 2.45) is 5.41 Å². The lowest BCUT2D eigenvalue weighted by molar-refractivity contribution is -0.354. The molecule has 0 aliphatic heterocycles. The average Bonchev–Trinajstić information content (AvgIpc) is 2.01. The third-order valence-corrected chi connectivity index (χ3v) is 2.28. The minimum absolute atomic E-state index is 0.821. The molecule has 0 saturated heterocycles. The van der Waals surface area contributed by atoms with Gasteiger partial charge in [0.1, 0.15) is 5.60 Å². The third kappa shape index (κ3) is 2.24. The Hall–Kier alpha value is -1.63. The van der Waals surface area contributed by atoms with E-state index in [2.05, 4.69) is 0 Å². The third-order valence-electron chi connectivity index (χ3n) is 2.28. The maximum atomic E-state index is 10.6. The van der Waals surface area contributed by atoms with E-state index in [-0.39, 0.29) is 0 Å². The molecule has 86 valence electrons. The van der Waals surface area contributed by atoms with E-state index in [0.29, 0.717) is 0 Å². The van der Waals surface area contributed by atoms with Crippen LogP contribution in [0.1, 0.15) is 20.3 Å². The summed E-state index contributed by atoms with van der Waals surface area (Å²) in [5.74, 6) is -6.02. The van der Waals surface area contributed by atoms with Gasteiger partial charge in [-0.3, -0.25) is 0 Å². The minimum atomic E-state index is -3.08. The van der Waals surface area contributed by atoms with Crippen LogP contribution in [-0.4, -0.2) is 28.6 Å². The van der Waals surface area contributed by atoms with Gasteiger partial charge in [-0.25, -0.2) is 0 Å². The van der Waals surface area contributed by atoms with Crippen LogP contribution in [0.5, 0.6) is 0 Å². The zero-order valence-electron chi connectivity index (χ0n) is 8.10. The topological polar surface area (TPSA) is 141 Å². The Balaban J connectivity index is 5.38. The molecule has 0 spiro atoms. The van der Waals surface area contributed by atoms with Crippen LogP contribution in [0.15, 0.2) is 0 Å². The van der Waals surface area contributed by atoms with Crippen LogP contribution in [0.2, 0.25) is 0 Å². The Labute approximate surface area is 85.0 Å². The molecule has 0 aliphatic rings. The molecule has 15 heavy (non-hydrogen) atoms. The van der Waals surface area contributed by atoms with Crippen molar-refractivity contribution in [1.82, 2.24) is 0 Å². The standard InChI is InChI=1S/C8H12O7/c1-7(2,5(11)12)8(15,6(13)14)3-4(9)10/h15H,3H2,1-2H3,(H,9,10)(H,11,12)(H,13,14)/p-3. The van der Waals surface area contributed by atoms with Gasteiger partial charge in [-0.1, -0.05) is 13.8 Å². The van der Waals surface area contributed by atoms with Gasteiger partial charge in [0.05, 0.1) is 11.9 Å². The molecule has 0 rings (SSSR count). The van der Waals surface area contributed by atoms with Gasteiger partial charge in [-0.2, -0.15) is 0 Å². The number of carbonyl (C=O) groups is 3. The van der Waals surface area contributed by atoms with Gasteiger partial charge in [0.2, 0.25) is 0 Å². The van der Waals surface area contributed by atoms with Crippen molar-refractivity contribution in [3.8, 4) is 0 Å². The molecule has 0 aromatic rings. The number of carbonyl (C=O) groups excluding carboxylic acids is 3. The molecule has 0 radical (unpaired) electrons. The van der Waals surface area contributed by atoms with Crippen LogP contribution >= 0.6 is 0 Å². The molecule has 7 heteroatoms. The van der Waals surface area contributed by atoms with Crippen molar-refractivity contribution in [1.29, 1.82) is 0 Å². The molecule has 0 aliphatic carbocycles. The highest BCUT2D eigenvalue weighted by molar-refractivity contribution is 5.89. The smallest absolute Gasteiger partial charge is 0.119 e. The first-order valence-corrected chi connectivity index (χ1v) is 3.91. The number of hydrogen-bond acceptors (Lipinski definition) is 7. The van der Waals surface area contributed by atoms with Crippen molar-refractivity contribution < 1.29 is 34.8 Å². The van der Waals surface area contributed by atoms with Crippen LogP contribution in [0.4, 0.5) is 0 Å². The zero-order chi connectivity index (χ0) is 12.4. The predicted octanol–water partition coefficient (Wildman–Crippen LogP) is -4.62. The predicted molar refractivity (Wildman–Crippen MR) is 38.4 cm³/mol. The molecule has 0 fully saturated rings. The summed E-state index contributed by atoms with van der Waals surface area (Å²) in [7, 11) is 0. The first kappa shape index (κ1) is 13.4. The second-order valence-corrected chi connectivity index (χ2v) is 3.61. The normalized spacial score (nSPS) is 15.4. The molecular weight excluding hydrogens is 208 g/mol. The van der Waals surface area contributed by atoms with Crippen LogP contribution < -0.4 is 15.3 Å². The van der Waals surface area contributed by atoms with Crippen LogP contribution in [0, 0.1) is 5.41 Å². The lowest BCUT2D eigenvalue weighted by Crippen LogP contribution is -2.64. The molecule has 0 aromatic carbocycles. The Bertz CT molecular complexity index is 306. The maximum Gasteiger partial charge on any atom is 0.119 e. The number of rotatable bonds is 5. The van der Waals surface area contributed by atoms with Crippen molar-refractivity contribution in [2.45, 2.75) is 25.9 Å². The van der Waals surface area contributed by atoms with E-state index in [0.717, 1.165) is 13.8 Å². The van der Waals surface area contributed by atoms with Crippen molar-refractivity contribution in [3.05, 3.63) is 0 Å². The summed E-state index contributed by atoms with van der Waals surface area (Å²) in [6.07, 6.45) is -1.39. The number of aliphatic carboxylic acids is 3. The van der Waals surface area contributed by atoms with Gasteiger partial charge in [-0.05, 0) is 0 Å². The van der Waals surface area contributed by atoms with E-state index in [4.69, 9.17) is 0 Å². The Kier molecular flexibility index (Phi) is 3.44. The number of carboxylic acids is 3. The summed E-state index contributed by atoms with van der Waals surface area (Å²) >= 11 is 0. The number of aliphatic hydroxyl groups is 1. The van der Waals surface area contributed by atoms with E-state index in [1.807, 2.05) is 0 Å². The number of hydrogen-bond donors (Lipinski definition) is 1. The summed E-state index contributed by atoms with van der Waals surface area (Å²) in [5.41, 5.74) is -5.39. The zero-order valence-corrected chi connectivity index (χ0v) is 8.10. The molecule has 7 nitrogen and oxygen atoms in total. The molecule has 1 N–H and O–H groups in total. The maximum absolute atomic E-state index is 10.6. The Morgan fingerprint density at radius 3 is 1.67 bits per heavy atom. The molecule has 1 unspecified atom stereocenters. The highest BCUT2D eigenvalue weighted by Crippen LogP contribution is 2.32. The Morgan fingerprint density at radius 1 is 1.07 bits per heavy atom. The van der Waals surface area contributed by atoms with E-state index in [1.54, 1.807) is 0 Å². The van der Waals surface area contributed by atoms with Crippen LogP contribution in [0.25, 0.3) is 0 Å². The summed E-state index contributed by atoms with van der Waals surface area (Å²) in [6.45, 7) is 1.64.